The minimum atomic E-state index is -0.475. The molecular weight excluding hydrogens is 446 g/mol. The van der Waals surface area contributed by atoms with Gasteiger partial charge in [0.05, 0.1) is 32.7 Å². The van der Waals surface area contributed by atoms with E-state index in [2.05, 4.69) is 21.4 Å². The minimum absolute atomic E-state index is 0.170. The first kappa shape index (κ1) is 23.3. The molecule has 0 spiro atoms. The molecule has 0 bridgehead atoms. The molecule has 2 N–H and O–H groups in total. The highest BCUT2D eigenvalue weighted by Gasteiger charge is 2.22. The molecule has 0 saturated carbocycles. The van der Waals surface area contributed by atoms with Crippen molar-refractivity contribution in [3.63, 3.8) is 0 Å². The molecule has 0 unspecified atom stereocenters. The molecule has 2 aromatic carbocycles. The topological polar surface area (TPSA) is 113 Å². The summed E-state index contributed by atoms with van der Waals surface area (Å²) in [7, 11) is 3.12. The van der Waals surface area contributed by atoms with Gasteiger partial charge in [-0.2, -0.15) is 5.10 Å². The van der Waals surface area contributed by atoms with Gasteiger partial charge in [0.25, 0.3) is 5.91 Å². The van der Waals surface area contributed by atoms with Gasteiger partial charge in [-0.3, -0.25) is 4.79 Å². The average molecular weight is 470 g/mol. The van der Waals surface area contributed by atoms with E-state index in [1.165, 1.54) is 11.2 Å². The van der Waals surface area contributed by atoms with Crippen LogP contribution in [0.1, 0.15) is 0 Å². The largest absolute Gasteiger partial charge is 0.493 e. The van der Waals surface area contributed by atoms with Crippen LogP contribution < -0.4 is 20.1 Å². The van der Waals surface area contributed by atoms with Crippen molar-refractivity contribution in [2.75, 3.05) is 31.4 Å². The number of hydrogen-bond acceptors (Lipinski definition) is 7. The maximum atomic E-state index is 12.9. The number of rotatable bonds is 8. The Kier molecular flexibility index (Phi) is 6.59. The van der Waals surface area contributed by atoms with Crippen LogP contribution in [-0.4, -0.2) is 46.4 Å². The fourth-order valence-electron chi connectivity index (χ4n) is 3.73. The van der Waals surface area contributed by atoms with Crippen molar-refractivity contribution >= 4 is 28.4 Å². The zero-order valence-electron chi connectivity index (χ0n) is 19.3. The lowest BCUT2D eigenvalue weighted by Crippen LogP contribution is -2.34. The van der Waals surface area contributed by atoms with Gasteiger partial charge in [0.1, 0.15) is 17.8 Å². The van der Waals surface area contributed by atoms with E-state index in [-0.39, 0.29) is 24.6 Å². The Labute approximate surface area is 202 Å². The van der Waals surface area contributed by atoms with Gasteiger partial charge in [-0.05, 0) is 30.3 Å². The molecule has 0 aliphatic carbocycles. The number of carbonyl (C=O) groups excluding carboxylic acids is 1. The summed E-state index contributed by atoms with van der Waals surface area (Å²) in [6.07, 6.45) is 1.37. The Bertz CT molecular complexity index is 1440. The molecule has 2 heterocycles. The Balaban J connectivity index is 1.75. The van der Waals surface area contributed by atoms with Crippen LogP contribution in [0.25, 0.3) is 27.1 Å². The van der Waals surface area contributed by atoms with Gasteiger partial charge in [-0.25, -0.2) is 19.5 Å². The SMILES string of the molecule is [C-]#[N+]C(=C)C(=O)N(CCn1nc(-c2ccc(OC)c(OC)c2)c2c(N)ncnc21)c1ccccc1. The fourth-order valence-corrected chi connectivity index (χ4v) is 3.73. The summed E-state index contributed by atoms with van der Waals surface area (Å²) < 4.78 is 12.4. The molecule has 0 aliphatic heterocycles. The minimum Gasteiger partial charge on any atom is -0.493 e. The highest BCUT2D eigenvalue weighted by atomic mass is 16.5. The monoisotopic (exact) mass is 469 g/mol. The van der Waals surface area contributed by atoms with Crippen molar-refractivity contribution in [2.45, 2.75) is 6.54 Å². The Morgan fingerprint density at radius 3 is 2.57 bits per heavy atom. The van der Waals surface area contributed by atoms with Crippen LogP contribution in [-0.2, 0) is 11.3 Å². The average Bonchev–Trinajstić information content (AvgIpc) is 3.28. The number of ether oxygens (including phenoxy) is 2. The summed E-state index contributed by atoms with van der Waals surface area (Å²) in [5.41, 5.74) is 8.53. The second kappa shape index (κ2) is 9.93. The van der Waals surface area contributed by atoms with Crippen molar-refractivity contribution in [3.8, 4) is 22.8 Å². The first-order chi connectivity index (χ1) is 17.0. The van der Waals surface area contributed by atoms with Crippen molar-refractivity contribution in [1.82, 2.24) is 19.7 Å². The summed E-state index contributed by atoms with van der Waals surface area (Å²) in [5.74, 6) is 0.934. The first-order valence-corrected chi connectivity index (χ1v) is 10.6. The van der Waals surface area contributed by atoms with E-state index in [4.69, 9.17) is 26.9 Å². The standard InChI is InChI=1S/C25H23N7O3/c1-16(27-2)25(33)31(18-8-6-5-7-9-18)12-13-32-24-21(23(26)28-15-29-24)22(30-32)17-10-11-19(34-3)20(14-17)35-4/h5-11,14-15H,1,12-13H2,3-4H3,(H2,26,28,29). The van der Waals surface area contributed by atoms with Crippen LogP contribution in [0.15, 0.2) is 67.1 Å². The number of amides is 1. The molecule has 4 aromatic rings. The van der Waals surface area contributed by atoms with Crippen LogP contribution in [0.5, 0.6) is 11.5 Å². The lowest BCUT2D eigenvalue weighted by molar-refractivity contribution is -0.114. The van der Waals surface area contributed by atoms with Gasteiger partial charge >= 0.3 is 0 Å². The van der Waals surface area contributed by atoms with Gasteiger partial charge < -0.3 is 20.1 Å². The molecule has 176 valence electrons. The lowest BCUT2D eigenvalue weighted by Gasteiger charge is -2.22. The van der Waals surface area contributed by atoms with Crippen molar-refractivity contribution in [1.29, 1.82) is 0 Å². The molecular formula is C25H23N7O3. The molecule has 0 saturated heterocycles. The summed E-state index contributed by atoms with van der Waals surface area (Å²) in [6.45, 7) is 11.3. The molecule has 2 aromatic heterocycles. The molecule has 4 rings (SSSR count). The number of anilines is 2. The fraction of sp³-hybridized carbons (Fsp3) is 0.160. The zero-order valence-corrected chi connectivity index (χ0v) is 19.3. The molecule has 0 fully saturated rings. The van der Waals surface area contributed by atoms with Gasteiger partial charge in [0.15, 0.2) is 17.1 Å². The van der Waals surface area contributed by atoms with Gasteiger partial charge in [0.2, 0.25) is 5.70 Å². The van der Waals surface area contributed by atoms with Crippen molar-refractivity contribution in [3.05, 3.63) is 78.6 Å². The number of nitrogen functional groups attached to an aromatic ring is 1. The van der Waals surface area contributed by atoms with Crippen LogP contribution in [0.2, 0.25) is 0 Å². The van der Waals surface area contributed by atoms with Crippen molar-refractivity contribution in [2.24, 2.45) is 0 Å². The summed E-state index contributed by atoms with van der Waals surface area (Å²) in [5, 5.41) is 5.34. The van der Waals surface area contributed by atoms with Gasteiger partial charge in [-0.15, -0.1) is 0 Å². The third-order valence-electron chi connectivity index (χ3n) is 5.45. The number of aromatic nitrogens is 4. The third kappa shape index (κ3) is 4.47. The predicted octanol–water partition coefficient (Wildman–Crippen LogP) is 3.56. The smallest absolute Gasteiger partial charge is 0.256 e. The Morgan fingerprint density at radius 2 is 1.89 bits per heavy atom. The number of benzene rings is 2. The lowest BCUT2D eigenvalue weighted by atomic mass is 10.1. The van der Waals surface area contributed by atoms with Crippen LogP contribution in [0.3, 0.4) is 0 Å². The molecule has 0 atom stereocenters. The second-order valence-corrected chi connectivity index (χ2v) is 7.45. The summed E-state index contributed by atoms with van der Waals surface area (Å²) in [4.78, 5) is 26.1. The highest BCUT2D eigenvalue weighted by Crippen LogP contribution is 2.36. The number of para-hydroxylation sites is 1. The van der Waals surface area contributed by atoms with Crippen molar-refractivity contribution < 1.29 is 14.3 Å². The van der Waals surface area contributed by atoms with E-state index >= 15 is 0 Å². The molecule has 10 nitrogen and oxygen atoms in total. The quantitative estimate of drug-likeness (QED) is 0.310. The number of nitrogens with zero attached hydrogens (tertiary/aromatic N) is 6. The molecule has 10 heteroatoms. The van der Waals surface area contributed by atoms with Crippen LogP contribution >= 0.6 is 0 Å². The Morgan fingerprint density at radius 1 is 1.14 bits per heavy atom. The van der Waals surface area contributed by atoms with Gasteiger partial charge in [0, 0.05) is 17.8 Å². The predicted molar refractivity (Wildman–Crippen MR) is 133 cm³/mol. The summed E-state index contributed by atoms with van der Waals surface area (Å²) in [6, 6.07) is 14.5. The normalized spacial score (nSPS) is 10.5. The number of nitrogens with two attached hydrogens (primary N) is 1. The van der Waals surface area contributed by atoms with Crippen LogP contribution in [0, 0.1) is 6.57 Å². The number of fused-ring (bicyclic) bond motifs is 1. The van der Waals surface area contributed by atoms with E-state index in [0.29, 0.717) is 33.9 Å². The van der Waals surface area contributed by atoms with Crippen LogP contribution in [0.4, 0.5) is 11.5 Å². The maximum Gasteiger partial charge on any atom is 0.256 e. The van der Waals surface area contributed by atoms with E-state index in [9.17, 15) is 4.79 Å². The molecule has 0 aliphatic rings. The molecule has 1 amide bonds. The zero-order chi connectivity index (χ0) is 24.9. The first-order valence-electron chi connectivity index (χ1n) is 10.6. The second-order valence-electron chi connectivity index (χ2n) is 7.45. The summed E-state index contributed by atoms with van der Waals surface area (Å²) >= 11 is 0. The van der Waals surface area contributed by atoms with E-state index < -0.39 is 5.91 Å². The van der Waals surface area contributed by atoms with E-state index in [0.717, 1.165) is 5.56 Å². The third-order valence-corrected chi connectivity index (χ3v) is 5.45. The van der Waals surface area contributed by atoms with Gasteiger partial charge in [-0.1, -0.05) is 24.8 Å². The maximum absolute atomic E-state index is 12.9. The Hall–Kier alpha value is -4.91. The number of methoxy groups -OCH3 is 2. The molecule has 35 heavy (non-hydrogen) atoms. The highest BCUT2D eigenvalue weighted by molar-refractivity contribution is 6.06. The molecule has 0 radical (unpaired) electrons. The van der Waals surface area contributed by atoms with E-state index in [1.54, 1.807) is 43.2 Å². The van der Waals surface area contributed by atoms with E-state index in [1.807, 2.05) is 24.3 Å². The number of carbonyl (C=O) groups is 1. The number of hydrogen-bond donors (Lipinski definition) is 1.